The van der Waals surface area contributed by atoms with Crippen molar-refractivity contribution in [3.05, 3.63) is 35.1 Å². The first-order valence-corrected chi connectivity index (χ1v) is 6.82. The van der Waals surface area contributed by atoms with Crippen molar-refractivity contribution in [3.8, 4) is 0 Å². The number of hydrogen-bond donors (Lipinski definition) is 1. The summed E-state index contributed by atoms with van der Waals surface area (Å²) >= 11 is 0. The third-order valence-electron chi connectivity index (χ3n) is 3.70. The zero-order valence-electron chi connectivity index (χ0n) is 11.6. The highest BCUT2D eigenvalue weighted by atomic mass is 19.1. The number of nitrogens with zero attached hydrogens (tertiary/aromatic N) is 1. The molecule has 1 heterocycles. The maximum atomic E-state index is 13.2. The van der Waals surface area contributed by atoms with Crippen LogP contribution in [-0.4, -0.2) is 37.0 Å². The summed E-state index contributed by atoms with van der Waals surface area (Å²) in [5, 5.41) is 3.23. The molecule has 1 aliphatic rings. The standard InChI is InChI=1S/C15H21FN2O/c1-11(13-3-4-14(16)12(2)9-13)10-15(19)18-7-5-17-6-8-18/h3-4,9,11,17H,5-8,10H2,1-2H3. The van der Waals surface area contributed by atoms with Gasteiger partial charge in [0.05, 0.1) is 0 Å². The van der Waals surface area contributed by atoms with Gasteiger partial charge in [-0.15, -0.1) is 0 Å². The van der Waals surface area contributed by atoms with Crippen molar-refractivity contribution in [1.29, 1.82) is 0 Å². The number of nitrogens with one attached hydrogen (secondary N) is 1. The van der Waals surface area contributed by atoms with Gasteiger partial charge in [-0.3, -0.25) is 4.79 Å². The largest absolute Gasteiger partial charge is 0.340 e. The molecule has 1 amide bonds. The van der Waals surface area contributed by atoms with Gasteiger partial charge in [0.15, 0.2) is 0 Å². The fourth-order valence-electron chi connectivity index (χ4n) is 2.40. The summed E-state index contributed by atoms with van der Waals surface area (Å²) in [6.45, 7) is 7.09. The monoisotopic (exact) mass is 264 g/mol. The lowest BCUT2D eigenvalue weighted by Crippen LogP contribution is -2.46. The summed E-state index contributed by atoms with van der Waals surface area (Å²) in [4.78, 5) is 14.1. The Morgan fingerprint density at radius 3 is 2.74 bits per heavy atom. The molecule has 1 saturated heterocycles. The van der Waals surface area contributed by atoms with Crippen LogP contribution in [0, 0.1) is 12.7 Å². The van der Waals surface area contributed by atoms with Crippen molar-refractivity contribution in [1.82, 2.24) is 10.2 Å². The van der Waals surface area contributed by atoms with Crippen LogP contribution in [0.4, 0.5) is 4.39 Å². The predicted molar refractivity (Wildman–Crippen MR) is 73.6 cm³/mol. The minimum Gasteiger partial charge on any atom is -0.340 e. The van der Waals surface area contributed by atoms with E-state index in [-0.39, 0.29) is 17.6 Å². The van der Waals surface area contributed by atoms with E-state index in [9.17, 15) is 9.18 Å². The number of amides is 1. The number of benzene rings is 1. The minimum atomic E-state index is -0.190. The number of carbonyl (C=O) groups is 1. The van der Waals surface area contributed by atoms with E-state index in [1.165, 1.54) is 6.07 Å². The van der Waals surface area contributed by atoms with Crippen molar-refractivity contribution in [3.63, 3.8) is 0 Å². The molecular weight excluding hydrogens is 243 g/mol. The average molecular weight is 264 g/mol. The molecule has 0 aromatic heterocycles. The molecule has 0 saturated carbocycles. The summed E-state index contributed by atoms with van der Waals surface area (Å²) in [7, 11) is 0. The molecule has 1 aromatic carbocycles. The van der Waals surface area contributed by atoms with E-state index < -0.39 is 0 Å². The van der Waals surface area contributed by atoms with Gasteiger partial charge in [0.2, 0.25) is 5.91 Å². The van der Waals surface area contributed by atoms with Crippen molar-refractivity contribution in [2.75, 3.05) is 26.2 Å². The van der Waals surface area contributed by atoms with E-state index in [1.807, 2.05) is 17.9 Å². The third-order valence-corrected chi connectivity index (χ3v) is 3.70. The molecule has 0 bridgehead atoms. The third kappa shape index (κ3) is 3.53. The van der Waals surface area contributed by atoms with Crippen LogP contribution >= 0.6 is 0 Å². The maximum Gasteiger partial charge on any atom is 0.223 e. The van der Waals surface area contributed by atoms with Gasteiger partial charge in [-0.1, -0.05) is 19.1 Å². The molecule has 0 radical (unpaired) electrons. The molecule has 0 spiro atoms. The predicted octanol–water partition coefficient (Wildman–Crippen LogP) is 2.06. The highest BCUT2D eigenvalue weighted by molar-refractivity contribution is 5.77. The average Bonchev–Trinajstić information content (AvgIpc) is 2.42. The first kappa shape index (κ1) is 14.0. The molecule has 1 atom stereocenters. The van der Waals surface area contributed by atoms with Crippen molar-refractivity contribution in [2.45, 2.75) is 26.2 Å². The number of aryl methyl sites for hydroxylation is 1. The van der Waals surface area contributed by atoms with Crippen LogP contribution in [0.1, 0.15) is 30.4 Å². The highest BCUT2D eigenvalue weighted by Gasteiger charge is 2.19. The molecule has 104 valence electrons. The second-order valence-corrected chi connectivity index (χ2v) is 5.24. The van der Waals surface area contributed by atoms with Crippen molar-refractivity contribution in [2.24, 2.45) is 0 Å². The normalized spacial score (nSPS) is 17.3. The fourth-order valence-corrected chi connectivity index (χ4v) is 2.40. The molecule has 3 nitrogen and oxygen atoms in total. The van der Waals surface area contributed by atoms with E-state index in [0.717, 1.165) is 31.7 Å². The number of hydrogen-bond acceptors (Lipinski definition) is 2. The molecule has 19 heavy (non-hydrogen) atoms. The number of rotatable bonds is 3. The van der Waals surface area contributed by atoms with Crippen LogP contribution in [0.25, 0.3) is 0 Å². The summed E-state index contributed by atoms with van der Waals surface area (Å²) in [6.07, 6.45) is 0.491. The van der Waals surface area contributed by atoms with E-state index in [2.05, 4.69) is 5.32 Å². The number of piperazine rings is 1. The van der Waals surface area contributed by atoms with Crippen LogP contribution in [0.15, 0.2) is 18.2 Å². The summed E-state index contributed by atoms with van der Waals surface area (Å²) < 4.78 is 13.2. The van der Waals surface area contributed by atoms with Crippen LogP contribution in [0.3, 0.4) is 0 Å². The Morgan fingerprint density at radius 2 is 2.11 bits per heavy atom. The first-order chi connectivity index (χ1) is 9.08. The molecule has 2 rings (SSSR count). The van der Waals surface area contributed by atoms with Gasteiger partial charge in [0.25, 0.3) is 0 Å². The van der Waals surface area contributed by atoms with Gasteiger partial charge in [-0.05, 0) is 30.0 Å². The van der Waals surface area contributed by atoms with Gasteiger partial charge >= 0.3 is 0 Å². The Kier molecular flexibility index (Phi) is 4.53. The molecule has 1 aromatic rings. The number of halogens is 1. The van der Waals surface area contributed by atoms with Gasteiger partial charge in [0.1, 0.15) is 5.82 Å². The molecule has 1 fully saturated rings. The Labute approximate surface area is 113 Å². The second kappa shape index (κ2) is 6.15. The smallest absolute Gasteiger partial charge is 0.223 e. The molecule has 4 heteroatoms. The topological polar surface area (TPSA) is 32.3 Å². The lowest BCUT2D eigenvalue weighted by atomic mass is 9.95. The molecular formula is C15H21FN2O. The summed E-state index contributed by atoms with van der Waals surface area (Å²) in [5.74, 6) is 0.127. The quantitative estimate of drug-likeness (QED) is 0.906. The lowest BCUT2D eigenvalue weighted by Gasteiger charge is -2.28. The lowest BCUT2D eigenvalue weighted by molar-refractivity contribution is -0.132. The number of carbonyl (C=O) groups excluding carboxylic acids is 1. The zero-order valence-corrected chi connectivity index (χ0v) is 11.6. The van der Waals surface area contributed by atoms with Crippen LogP contribution in [-0.2, 0) is 4.79 Å². The van der Waals surface area contributed by atoms with Crippen LogP contribution < -0.4 is 5.32 Å². The highest BCUT2D eigenvalue weighted by Crippen LogP contribution is 2.22. The zero-order chi connectivity index (χ0) is 13.8. The van der Waals surface area contributed by atoms with Crippen molar-refractivity contribution >= 4 is 5.91 Å². The Hall–Kier alpha value is -1.42. The van der Waals surface area contributed by atoms with Crippen LogP contribution in [0.2, 0.25) is 0 Å². The molecule has 1 N–H and O–H groups in total. The summed E-state index contributed by atoms with van der Waals surface area (Å²) in [5.41, 5.74) is 1.67. The Balaban J connectivity index is 1.97. The molecule has 0 aliphatic carbocycles. The van der Waals surface area contributed by atoms with E-state index in [0.29, 0.717) is 12.0 Å². The minimum absolute atomic E-state index is 0.127. The fraction of sp³-hybridized carbons (Fsp3) is 0.533. The summed E-state index contributed by atoms with van der Waals surface area (Å²) in [6, 6.07) is 5.10. The maximum absolute atomic E-state index is 13.2. The van der Waals surface area contributed by atoms with Crippen LogP contribution in [0.5, 0.6) is 0 Å². The van der Waals surface area contributed by atoms with Gasteiger partial charge < -0.3 is 10.2 Å². The second-order valence-electron chi connectivity index (χ2n) is 5.24. The van der Waals surface area contributed by atoms with Gasteiger partial charge in [-0.2, -0.15) is 0 Å². The Bertz CT molecular complexity index is 455. The van der Waals surface area contributed by atoms with E-state index in [4.69, 9.17) is 0 Å². The SMILES string of the molecule is Cc1cc(C(C)CC(=O)N2CCNCC2)ccc1F. The van der Waals surface area contributed by atoms with E-state index in [1.54, 1.807) is 13.0 Å². The van der Waals surface area contributed by atoms with Gasteiger partial charge in [0, 0.05) is 32.6 Å². The Morgan fingerprint density at radius 1 is 1.42 bits per heavy atom. The van der Waals surface area contributed by atoms with Gasteiger partial charge in [-0.25, -0.2) is 4.39 Å². The molecule has 1 unspecified atom stereocenters. The molecule has 1 aliphatic heterocycles. The first-order valence-electron chi connectivity index (χ1n) is 6.82. The van der Waals surface area contributed by atoms with E-state index >= 15 is 0 Å². The van der Waals surface area contributed by atoms with Crippen molar-refractivity contribution < 1.29 is 9.18 Å².